The SMILES string of the molecule is N#CC(=NNc1ccccc1)C(=N)SCc1ccccc1. The molecule has 0 aliphatic rings. The van der Waals surface area contributed by atoms with Crippen LogP contribution >= 0.6 is 11.8 Å². The van der Waals surface area contributed by atoms with E-state index in [4.69, 9.17) is 10.7 Å². The first-order valence-electron chi connectivity index (χ1n) is 6.34. The molecule has 0 radical (unpaired) electrons. The molecule has 2 rings (SSSR count). The van der Waals surface area contributed by atoms with Crippen LogP contribution in [0.5, 0.6) is 0 Å². The zero-order chi connectivity index (χ0) is 14.9. The van der Waals surface area contributed by atoms with Crippen molar-refractivity contribution < 1.29 is 0 Å². The van der Waals surface area contributed by atoms with E-state index in [9.17, 15) is 0 Å². The first kappa shape index (κ1) is 14.8. The Morgan fingerprint density at radius 1 is 1.10 bits per heavy atom. The minimum atomic E-state index is 0.0831. The number of benzene rings is 2. The van der Waals surface area contributed by atoms with Gasteiger partial charge in [-0.1, -0.05) is 60.3 Å². The lowest BCUT2D eigenvalue weighted by atomic mass is 10.2. The van der Waals surface area contributed by atoms with E-state index in [0.29, 0.717) is 5.75 Å². The van der Waals surface area contributed by atoms with E-state index in [0.717, 1.165) is 11.3 Å². The molecule has 2 aromatic rings. The second-order valence-corrected chi connectivity index (χ2v) is 5.14. The molecule has 0 atom stereocenters. The number of hydrazone groups is 1. The fourth-order valence-electron chi connectivity index (χ4n) is 1.56. The third-order valence-corrected chi connectivity index (χ3v) is 3.58. The van der Waals surface area contributed by atoms with Gasteiger partial charge in [0.05, 0.1) is 5.69 Å². The molecule has 104 valence electrons. The van der Waals surface area contributed by atoms with Crippen molar-refractivity contribution in [3.8, 4) is 6.07 Å². The molecular weight excluding hydrogens is 280 g/mol. The first-order chi connectivity index (χ1) is 10.3. The van der Waals surface area contributed by atoms with Crippen LogP contribution in [0.25, 0.3) is 0 Å². The lowest BCUT2D eigenvalue weighted by Gasteiger charge is -2.03. The molecule has 2 N–H and O–H groups in total. The van der Waals surface area contributed by atoms with E-state index in [1.54, 1.807) is 0 Å². The minimum absolute atomic E-state index is 0.0831. The maximum absolute atomic E-state index is 9.10. The number of hydrogen-bond donors (Lipinski definition) is 2. The van der Waals surface area contributed by atoms with Gasteiger partial charge in [-0.05, 0) is 17.7 Å². The van der Waals surface area contributed by atoms with Crippen molar-refractivity contribution >= 4 is 28.2 Å². The van der Waals surface area contributed by atoms with Crippen molar-refractivity contribution in [1.82, 2.24) is 0 Å². The Bertz CT molecular complexity index is 660. The third-order valence-electron chi connectivity index (χ3n) is 2.62. The van der Waals surface area contributed by atoms with Gasteiger partial charge in [0.2, 0.25) is 0 Å². The van der Waals surface area contributed by atoms with Crippen LogP contribution in [0.4, 0.5) is 5.69 Å². The average molecular weight is 294 g/mol. The van der Waals surface area contributed by atoms with Gasteiger partial charge in [0, 0.05) is 5.75 Å². The van der Waals surface area contributed by atoms with Gasteiger partial charge in [0.25, 0.3) is 0 Å². The molecule has 5 heteroatoms. The van der Waals surface area contributed by atoms with Crippen LogP contribution in [-0.2, 0) is 5.75 Å². The van der Waals surface area contributed by atoms with E-state index in [1.165, 1.54) is 11.8 Å². The molecule has 0 amide bonds. The molecule has 0 saturated carbocycles. The maximum Gasteiger partial charge on any atom is 0.192 e. The summed E-state index contributed by atoms with van der Waals surface area (Å²) in [6.07, 6.45) is 0. The number of para-hydroxylation sites is 1. The zero-order valence-electron chi connectivity index (χ0n) is 11.3. The summed E-state index contributed by atoms with van der Waals surface area (Å²) >= 11 is 1.29. The highest BCUT2D eigenvalue weighted by Crippen LogP contribution is 2.14. The van der Waals surface area contributed by atoms with Crippen LogP contribution in [0.2, 0.25) is 0 Å². The van der Waals surface area contributed by atoms with Gasteiger partial charge in [0.15, 0.2) is 5.71 Å². The van der Waals surface area contributed by atoms with Crippen molar-refractivity contribution in [3.05, 3.63) is 66.2 Å². The smallest absolute Gasteiger partial charge is 0.192 e. The van der Waals surface area contributed by atoms with Crippen molar-refractivity contribution in [3.63, 3.8) is 0 Å². The van der Waals surface area contributed by atoms with Gasteiger partial charge in [-0.25, -0.2) is 0 Å². The van der Waals surface area contributed by atoms with Gasteiger partial charge in [-0.15, -0.1) is 0 Å². The fourth-order valence-corrected chi connectivity index (χ4v) is 2.29. The normalized spacial score (nSPS) is 10.7. The standard InChI is InChI=1S/C16H14N4S/c17-11-15(20-19-14-9-5-2-6-10-14)16(18)21-12-13-7-3-1-4-8-13/h1-10,18-19H,12H2. The number of hydrogen-bond acceptors (Lipinski definition) is 5. The van der Waals surface area contributed by atoms with Gasteiger partial charge in [0.1, 0.15) is 11.1 Å². The molecule has 21 heavy (non-hydrogen) atoms. The average Bonchev–Trinajstić information content (AvgIpc) is 2.55. The number of thioether (sulfide) groups is 1. The second-order valence-electron chi connectivity index (χ2n) is 4.15. The van der Waals surface area contributed by atoms with Gasteiger partial charge >= 0.3 is 0 Å². The molecule has 0 aromatic heterocycles. The summed E-state index contributed by atoms with van der Waals surface area (Å²) in [5.41, 5.74) is 4.76. The molecule has 0 fully saturated rings. The van der Waals surface area contributed by atoms with E-state index in [2.05, 4.69) is 10.5 Å². The number of anilines is 1. The Hall–Kier alpha value is -2.58. The number of nitrogens with one attached hydrogen (secondary N) is 2. The number of nitriles is 1. The Kier molecular flexibility index (Phi) is 5.56. The Morgan fingerprint density at radius 3 is 2.33 bits per heavy atom. The van der Waals surface area contributed by atoms with Gasteiger partial charge in [-0.2, -0.15) is 10.4 Å². The summed E-state index contributed by atoms with van der Waals surface area (Å²) in [4.78, 5) is 0. The molecule has 2 aromatic carbocycles. The highest BCUT2D eigenvalue weighted by molar-refractivity contribution is 8.15. The van der Waals surface area contributed by atoms with Crippen LogP contribution in [0.15, 0.2) is 65.8 Å². The predicted octanol–water partition coefficient (Wildman–Crippen LogP) is 3.89. The van der Waals surface area contributed by atoms with Crippen molar-refractivity contribution in [1.29, 1.82) is 10.7 Å². The molecule has 0 spiro atoms. The third kappa shape index (κ3) is 4.79. The quantitative estimate of drug-likeness (QED) is 0.499. The summed E-state index contributed by atoms with van der Waals surface area (Å²) in [5, 5.41) is 21.2. The van der Waals surface area contributed by atoms with Crippen LogP contribution in [0.3, 0.4) is 0 Å². The Balaban J connectivity index is 1.94. The summed E-state index contributed by atoms with van der Waals surface area (Å²) in [6, 6.07) is 21.1. The topological polar surface area (TPSA) is 72.0 Å². The highest BCUT2D eigenvalue weighted by Gasteiger charge is 2.07. The van der Waals surface area contributed by atoms with Crippen molar-refractivity contribution in [2.75, 3.05) is 5.43 Å². The molecule has 0 saturated heterocycles. The van der Waals surface area contributed by atoms with Crippen molar-refractivity contribution in [2.45, 2.75) is 5.75 Å². The minimum Gasteiger partial charge on any atom is -0.291 e. The second kappa shape index (κ2) is 7.88. The lowest BCUT2D eigenvalue weighted by Crippen LogP contribution is -2.09. The highest BCUT2D eigenvalue weighted by atomic mass is 32.2. The molecular formula is C16H14N4S. The van der Waals surface area contributed by atoms with Crippen LogP contribution in [0, 0.1) is 16.7 Å². The van der Waals surface area contributed by atoms with E-state index in [-0.39, 0.29) is 10.8 Å². The van der Waals surface area contributed by atoms with Crippen LogP contribution in [-0.4, -0.2) is 10.8 Å². The Morgan fingerprint density at radius 2 is 1.71 bits per heavy atom. The monoisotopic (exact) mass is 294 g/mol. The summed E-state index contributed by atoms with van der Waals surface area (Å²) in [6.45, 7) is 0. The molecule has 0 aliphatic heterocycles. The van der Waals surface area contributed by atoms with Gasteiger partial charge in [-0.3, -0.25) is 10.8 Å². The number of rotatable bonds is 5. The summed E-state index contributed by atoms with van der Waals surface area (Å²) < 4.78 is 0. The van der Waals surface area contributed by atoms with E-state index >= 15 is 0 Å². The maximum atomic E-state index is 9.10. The molecule has 4 nitrogen and oxygen atoms in total. The van der Waals surface area contributed by atoms with E-state index < -0.39 is 0 Å². The largest absolute Gasteiger partial charge is 0.291 e. The fraction of sp³-hybridized carbons (Fsp3) is 0.0625. The predicted molar refractivity (Wildman–Crippen MR) is 88.6 cm³/mol. The lowest BCUT2D eigenvalue weighted by molar-refractivity contribution is 1.34. The van der Waals surface area contributed by atoms with Crippen molar-refractivity contribution in [2.24, 2.45) is 5.10 Å². The number of nitrogens with zero attached hydrogens (tertiary/aromatic N) is 2. The van der Waals surface area contributed by atoms with Crippen LogP contribution in [0.1, 0.15) is 5.56 Å². The Labute approximate surface area is 128 Å². The molecule has 0 unspecified atom stereocenters. The first-order valence-corrected chi connectivity index (χ1v) is 7.32. The van der Waals surface area contributed by atoms with Gasteiger partial charge < -0.3 is 0 Å². The zero-order valence-corrected chi connectivity index (χ0v) is 12.1. The summed E-state index contributed by atoms with van der Waals surface area (Å²) in [7, 11) is 0. The van der Waals surface area contributed by atoms with Crippen LogP contribution < -0.4 is 5.43 Å². The molecule has 0 aliphatic carbocycles. The molecule has 0 bridgehead atoms. The summed E-state index contributed by atoms with van der Waals surface area (Å²) in [5.74, 6) is 0.645. The molecule has 0 heterocycles. The van der Waals surface area contributed by atoms with E-state index in [1.807, 2.05) is 66.7 Å².